The summed E-state index contributed by atoms with van der Waals surface area (Å²) < 4.78 is 21.4. The van der Waals surface area contributed by atoms with Crippen molar-refractivity contribution in [2.45, 2.75) is 37.2 Å². The average Bonchev–Trinajstić information content (AvgIpc) is 3.24. The Morgan fingerprint density at radius 3 is 2.90 bits per heavy atom. The number of pyridine rings is 1. The van der Waals surface area contributed by atoms with Crippen LogP contribution in [0.2, 0.25) is 0 Å². The molecule has 0 spiro atoms. The number of aromatic nitrogens is 1. The van der Waals surface area contributed by atoms with Crippen molar-refractivity contribution in [3.63, 3.8) is 0 Å². The number of aryl methyl sites for hydroxylation is 1. The monoisotopic (exact) mass is 438 g/mol. The summed E-state index contributed by atoms with van der Waals surface area (Å²) in [4.78, 5) is 7.79. The second kappa shape index (κ2) is 8.31. The smallest absolute Gasteiger partial charge is 0.131 e. The highest BCUT2D eigenvalue weighted by molar-refractivity contribution is 8.24. The zero-order valence-electron chi connectivity index (χ0n) is 17.8. The molecule has 2 aromatic carbocycles. The molecule has 6 nitrogen and oxygen atoms in total. The Morgan fingerprint density at radius 2 is 2.06 bits per heavy atom. The van der Waals surface area contributed by atoms with Crippen LogP contribution in [0.15, 0.2) is 53.4 Å². The molecule has 0 radical (unpaired) electrons. The fourth-order valence-electron chi connectivity index (χ4n) is 4.58. The van der Waals surface area contributed by atoms with Gasteiger partial charge in [0.2, 0.25) is 0 Å². The third-order valence-corrected chi connectivity index (χ3v) is 8.16. The number of anilines is 2. The molecule has 5 rings (SSSR count). The Hall–Kier alpha value is -2.32. The molecule has 1 aromatic heterocycles. The minimum absolute atomic E-state index is 0.312. The zero-order valence-corrected chi connectivity index (χ0v) is 18.7. The van der Waals surface area contributed by atoms with Crippen LogP contribution in [0.3, 0.4) is 0 Å². The topological polar surface area (TPSA) is 80.7 Å². The minimum Gasteiger partial charge on any atom is -0.383 e. The average molecular weight is 439 g/mol. The number of rotatable bonds is 4. The van der Waals surface area contributed by atoms with Gasteiger partial charge < -0.3 is 15.5 Å². The summed E-state index contributed by atoms with van der Waals surface area (Å²) in [6.45, 7) is 5.24. The van der Waals surface area contributed by atoms with Gasteiger partial charge in [0, 0.05) is 42.8 Å². The summed E-state index contributed by atoms with van der Waals surface area (Å²) >= 11 is 0. The van der Waals surface area contributed by atoms with E-state index in [2.05, 4.69) is 46.7 Å². The van der Waals surface area contributed by atoms with Crippen molar-refractivity contribution in [3.8, 4) is 0 Å². The Labute approximate surface area is 185 Å². The molecule has 0 amide bonds. The van der Waals surface area contributed by atoms with Gasteiger partial charge in [0.1, 0.15) is 5.82 Å². The number of fused-ring (bicyclic) bond motifs is 2. The van der Waals surface area contributed by atoms with Crippen molar-refractivity contribution in [2.75, 3.05) is 35.6 Å². The van der Waals surface area contributed by atoms with Crippen LogP contribution >= 0.6 is 10.6 Å². The van der Waals surface area contributed by atoms with E-state index in [0.717, 1.165) is 41.1 Å². The van der Waals surface area contributed by atoms with Crippen LogP contribution in [0.5, 0.6) is 0 Å². The lowest BCUT2D eigenvalue weighted by Crippen LogP contribution is -2.29. The van der Waals surface area contributed by atoms with Gasteiger partial charge in [0.15, 0.2) is 0 Å². The fourth-order valence-corrected chi connectivity index (χ4v) is 6.12. The van der Waals surface area contributed by atoms with E-state index in [9.17, 15) is 9.11 Å². The van der Waals surface area contributed by atoms with Crippen LogP contribution in [-0.4, -0.2) is 45.5 Å². The maximum atomic E-state index is 10.7. The summed E-state index contributed by atoms with van der Waals surface area (Å²) in [7, 11) is -2.79. The van der Waals surface area contributed by atoms with Crippen molar-refractivity contribution in [2.24, 2.45) is 0 Å². The molecule has 1 fully saturated rings. The number of hydrogen-bond donors (Lipinski definition) is 4. The maximum Gasteiger partial charge on any atom is 0.131 e. The highest BCUT2D eigenvalue weighted by atomic mass is 32.3. The second-order valence-corrected chi connectivity index (χ2v) is 10.8. The largest absolute Gasteiger partial charge is 0.383 e. The summed E-state index contributed by atoms with van der Waals surface area (Å²) in [5.74, 6) is 1.18. The van der Waals surface area contributed by atoms with Crippen LogP contribution in [-0.2, 0) is 6.54 Å². The fraction of sp³-hybridized carbons (Fsp3) is 0.375. The van der Waals surface area contributed by atoms with Gasteiger partial charge in [-0.3, -0.25) is 9.11 Å². The van der Waals surface area contributed by atoms with Gasteiger partial charge in [-0.05, 0) is 50.1 Å². The van der Waals surface area contributed by atoms with Gasteiger partial charge in [-0.25, -0.2) is 4.98 Å². The molecule has 3 heterocycles. The van der Waals surface area contributed by atoms with E-state index < -0.39 is 10.6 Å². The molecule has 0 saturated carbocycles. The third kappa shape index (κ3) is 4.23. The molecule has 2 aliphatic heterocycles. The predicted octanol–water partition coefficient (Wildman–Crippen LogP) is 4.84. The highest BCUT2D eigenvalue weighted by Gasteiger charge is 2.26. The van der Waals surface area contributed by atoms with Gasteiger partial charge in [0.05, 0.1) is 16.2 Å². The van der Waals surface area contributed by atoms with Crippen LogP contribution in [0.1, 0.15) is 24.0 Å². The first-order valence-electron chi connectivity index (χ1n) is 11.0. The molecule has 1 atom stereocenters. The number of nitrogens with zero attached hydrogens (tertiary/aromatic N) is 2. The van der Waals surface area contributed by atoms with Gasteiger partial charge in [0.25, 0.3) is 0 Å². The van der Waals surface area contributed by atoms with Gasteiger partial charge in [-0.2, -0.15) is 10.6 Å². The zero-order chi connectivity index (χ0) is 21.4. The Bertz CT molecular complexity index is 1100. The first-order valence-corrected chi connectivity index (χ1v) is 12.7. The van der Waals surface area contributed by atoms with Gasteiger partial charge in [-0.1, -0.05) is 29.8 Å². The standard InChI is InChI=1S/C24H30N4O2S/c1-17-8-9-21-20(13-17)22(26-15-19-6-4-10-25-19)14-24(27-21)28-11-12-31(29,30)23-7-3-2-5-18(23)16-28/h2-3,5,7-9,13-14,19,25,29-30H,4,6,10-12,15-16H2,1H3,(H,26,27). The van der Waals surface area contributed by atoms with E-state index in [1.54, 1.807) is 0 Å². The van der Waals surface area contributed by atoms with Crippen LogP contribution < -0.4 is 15.5 Å². The van der Waals surface area contributed by atoms with Crippen molar-refractivity contribution in [1.82, 2.24) is 10.3 Å². The quantitative estimate of drug-likeness (QED) is 0.467. The molecule has 3 aromatic rings. The highest BCUT2D eigenvalue weighted by Crippen LogP contribution is 2.51. The molecular formula is C24H30N4O2S. The lowest BCUT2D eigenvalue weighted by atomic mass is 10.1. The number of hydrogen-bond acceptors (Lipinski definition) is 6. The molecule has 2 aliphatic rings. The SMILES string of the molecule is Cc1ccc2nc(N3CCS(O)(O)c4ccccc4C3)cc(NCC3CCCN3)c2c1. The first kappa shape index (κ1) is 20.6. The number of benzene rings is 2. The molecule has 1 saturated heterocycles. The molecule has 31 heavy (non-hydrogen) atoms. The lowest BCUT2D eigenvalue weighted by molar-refractivity contribution is 0.488. The molecule has 4 N–H and O–H groups in total. The summed E-state index contributed by atoms with van der Waals surface area (Å²) in [6, 6.07) is 16.6. The predicted molar refractivity (Wildman–Crippen MR) is 129 cm³/mol. The lowest BCUT2D eigenvalue weighted by Gasteiger charge is -2.32. The maximum absolute atomic E-state index is 10.7. The van der Waals surface area contributed by atoms with E-state index in [1.807, 2.05) is 24.3 Å². The Kier molecular flexibility index (Phi) is 5.52. The van der Waals surface area contributed by atoms with Crippen LogP contribution in [0.25, 0.3) is 10.9 Å². The van der Waals surface area contributed by atoms with Crippen LogP contribution in [0, 0.1) is 6.92 Å². The van der Waals surface area contributed by atoms with E-state index in [-0.39, 0.29) is 0 Å². The molecule has 0 bridgehead atoms. The molecular weight excluding hydrogens is 408 g/mol. The second-order valence-electron chi connectivity index (χ2n) is 8.62. The summed E-state index contributed by atoms with van der Waals surface area (Å²) in [5, 5.41) is 8.34. The van der Waals surface area contributed by atoms with E-state index in [4.69, 9.17) is 4.98 Å². The summed E-state index contributed by atoms with van der Waals surface area (Å²) in [5.41, 5.74) is 4.20. The van der Waals surface area contributed by atoms with E-state index in [0.29, 0.717) is 29.8 Å². The number of nitrogens with one attached hydrogen (secondary N) is 2. The van der Waals surface area contributed by atoms with Gasteiger partial charge in [-0.15, -0.1) is 0 Å². The Balaban J connectivity index is 1.51. The normalized spacial score (nSPS) is 21.5. The first-order chi connectivity index (χ1) is 15.0. The van der Waals surface area contributed by atoms with Crippen LogP contribution in [0.4, 0.5) is 11.5 Å². The van der Waals surface area contributed by atoms with Crippen molar-refractivity contribution in [1.29, 1.82) is 0 Å². The van der Waals surface area contributed by atoms with Gasteiger partial charge >= 0.3 is 0 Å². The van der Waals surface area contributed by atoms with E-state index in [1.165, 1.54) is 18.4 Å². The minimum atomic E-state index is -2.79. The summed E-state index contributed by atoms with van der Waals surface area (Å²) in [6.07, 6.45) is 2.43. The molecule has 0 aliphatic carbocycles. The Morgan fingerprint density at radius 1 is 1.19 bits per heavy atom. The van der Waals surface area contributed by atoms with E-state index >= 15 is 0 Å². The van der Waals surface area contributed by atoms with Crippen molar-refractivity contribution in [3.05, 3.63) is 59.7 Å². The molecule has 164 valence electrons. The third-order valence-electron chi connectivity index (χ3n) is 6.31. The van der Waals surface area contributed by atoms with Crippen molar-refractivity contribution >= 4 is 33.0 Å². The molecule has 7 heteroatoms. The van der Waals surface area contributed by atoms with Crippen molar-refractivity contribution < 1.29 is 9.11 Å². The molecule has 1 unspecified atom stereocenters.